The number of pyridine rings is 2. The van der Waals surface area contributed by atoms with E-state index in [9.17, 15) is 9.18 Å². The lowest BCUT2D eigenvalue weighted by Gasteiger charge is -2.20. The lowest BCUT2D eigenvalue weighted by atomic mass is 9.97. The molecule has 4 aromatic rings. The van der Waals surface area contributed by atoms with Gasteiger partial charge in [-0.1, -0.05) is 11.6 Å². The first-order valence-electron chi connectivity index (χ1n) is 11.7. The molecule has 3 unspecified atom stereocenters. The Kier molecular flexibility index (Phi) is 4.59. The maximum Gasteiger partial charge on any atom is 0.251 e. The molecule has 0 radical (unpaired) electrons. The van der Waals surface area contributed by atoms with Gasteiger partial charge in [0.15, 0.2) is 0 Å². The monoisotopic (exact) mass is 499 g/mol. The van der Waals surface area contributed by atoms with Crippen LogP contribution in [0.25, 0.3) is 16.8 Å². The number of benzene rings is 1. The highest BCUT2D eigenvalue weighted by Crippen LogP contribution is 2.61. The Labute approximate surface area is 209 Å². The van der Waals surface area contributed by atoms with E-state index in [1.54, 1.807) is 42.1 Å². The van der Waals surface area contributed by atoms with Crippen molar-refractivity contribution in [1.29, 1.82) is 0 Å². The molecule has 3 aliphatic rings. The first-order chi connectivity index (χ1) is 17.5. The fourth-order valence-corrected chi connectivity index (χ4v) is 5.79. The number of hydrogen-bond acceptors (Lipinski definition) is 6. The van der Waals surface area contributed by atoms with Gasteiger partial charge in [-0.25, -0.2) is 4.98 Å². The Morgan fingerprint density at radius 1 is 1.11 bits per heavy atom. The minimum atomic E-state index is -0.513. The summed E-state index contributed by atoms with van der Waals surface area (Å²) in [7, 11) is 0. The van der Waals surface area contributed by atoms with Crippen molar-refractivity contribution < 1.29 is 4.39 Å². The van der Waals surface area contributed by atoms with Crippen molar-refractivity contribution in [3.05, 3.63) is 98.8 Å². The number of aromatic nitrogens is 6. The summed E-state index contributed by atoms with van der Waals surface area (Å²) in [6, 6.07) is 12.6. The molecule has 8 nitrogen and oxygen atoms in total. The van der Waals surface area contributed by atoms with Crippen molar-refractivity contribution in [1.82, 2.24) is 29.8 Å². The number of nitrogens with zero attached hydrogens (tertiary/aromatic N) is 7. The van der Waals surface area contributed by atoms with Crippen molar-refractivity contribution in [2.45, 2.75) is 31.7 Å². The van der Waals surface area contributed by atoms with Crippen LogP contribution in [0.1, 0.15) is 41.8 Å². The average molecular weight is 500 g/mol. The molecule has 0 amide bonds. The molecule has 0 bridgehead atoms. The van der Waals surface area contributed by atoms with Crippen LogP contribution < -0.4 is 5.56 Å². The van der Waals surface area contributed by atoms with Gasteiger partial charge in [-0.15, -0.1) is 5.10 Å². The number of aryl methyl sites for hydroxylation is 1. The second-order valence-corrected chi connectivity index (χ2v) is 9.93. The molecule has 5 heterocycles. The molecule has 0 N–H and O–H groups in total. The van der Waals surface area contributed by atoms with E-state index in [4.69, 9.17) is 11.6 Å². The quantitative estimate of drug-likeness (QED) is 0.388. The topological polar surface area (TPSA) is 90.9 Å². The van der Waals surface area contributed by atoms with Gasteiger partial charge in [0.05, 0.1) is 23.0 Å². The summed E-state index contributed by atoms with van der Waals surface area (Å²) in [4.78, 5) is 22.0. The summed E-state index contributed by atoms with van der Waals surface area (Å²) in [6.45, 7) is 1.76. The van der Waals surface area contributed by atoms with E-state index in [-0.39, 0.29) is 11.6 Å². The van der Waals surface area contributed by atoms with Crippen LogP contribution in [-0.2, 0) is 0 Å². The smallest absolute Gasteiger partial charge is 0.251 e. The van der Waals surface area contributed by atoms with E-state index >= 15 is 0 Å². The zero-order valence-electron chi connectivity index (χ0n) is 19.1. The molecule has 36 heavy (non-hydrogen) atoms. The predicted octanol–water partition coefficient (Wildman–Crippen LogP) is 4.42. The van der Waals surface area contributed by atoms with E-state index in [0.29, 0.717) is 40.2 Å². The van der Waals surface area contributed by atoms with Gasteiger partial charge >= 0.3 is 0 Å². The van der Waals surface area contributed by atoms with Crippen molar-refractivity contribution >= 4 is 17.3 Å². The minimum Gasteiger partial charge on any atom is -0.305 e. The van der Waals surface area contributed by atoms with Gasteiger partial charge < -0.3 is 4.57 Å². The number of halogens is 2. The first-order valence-corrected chi connectivity index (χ1v) is 12.0. The number of tetrazole rings is 1. The number of fused-ring (bicyclic) bond motifs is 3. The highest BCUT2D eigenvalue weighted by molar-refractivity contribution is 6.31. The van der Waals surface area contributed by atoms with E-state index < -0.39 is 5.95 Å². The maximum absolute atomic E-state index is 14.5. The van der Waals surface area contributed by atoms with Gasteiger partial charge in [-0.2, -0.15) is 9.07 Å². The molecule has 1 fully saturated rings. The number of rotatable bonds is 4. The molecule has 1 aromatic carbocycles. The molecule has 0 saturated heterocycles. The SMILES string of the molecule is Cc1ccc(C2=NC=C(C3C4CC4c4cc(-c5cc(Cl)ccc5-n5cnnn5)cc(=O)n43)C2)c(F)n1. The normalized spacial score (nSPS) is 21.7. The van der Waals surface area contributed by atoms with E-state index in [0.717, 1.165) is 34.5 Å². The Morgan fingerprint density at radius 2 is 2.00 bits per heavy atom. The summed E-state index contributed by atoms with van der Waals surface area (Å²) in [5.74, 6) is 0.135. The Hall–Kier alpha value is -3.98. The van der Waals surface area contributed by atoms with Crippen molar-refractivity contribution in [3.63, 3.8) is 0 Å². The molecule has 1 saturated carbocycles. The number of allylic oxidation sites excluding steroid dienone is 1. The third kappa shape index (κ3) is 3.26. The number of aliphatic imine (C=N–C) groups is 1. The lowest BCUT2D eigenvalue weighted by molar-refractivity contribution is 0.524. The van der Waals surface area contributed by atoms with Crippen LogP contribution in [-0.4, -0.2) is 35.5 Å². The molecule has 7 rings (SSSR count). The highest BCUT2D eigenvalue weighted by Gasteiger charge is 2.54. The highest BCUT2D eigenvalue weighted by atomic mass is 35.5. The summed E-state index contributed by atoms with van der Waals surface area (Å²) in [6.07, 6.45) is 4.82. The van der Waals surface area contributed by atoms with Gasteiger partial charge in [-0.3, -0.25) is 9.79 Å². The van der Waals surface area contributed by atoms with Crippen molar-refractivity contribution in [3.8, 4) is 16.8 Å². The fourth-order valence-electron chi connectivity index (χ4n) is 5.62. The molecule has 3 atom stereocenters. The van der Waals surface area contributed by atoms with Gasteiger partial charge in [0.2, 0.25) is 5.95 Å². The van der Waals surface area contributed by atoms with Crippen LogP contribution in [0.2, 0.25) is 5.02 Å². The van der Waals surface area contributed by atoms with Gasteiger partial charge in [0.1, 0.15) is 6.33 Å². The van der Waals surface area contributed by atoms with Gasteiger partial charge in [0.25, 0.3) is 5.56 Å². The van der Waals surface area contributed by atoms with Crippen LogP contribution in [0.3, 0.4) is 0 Å². The van der Waals surface area contributed by atoms with Crippen LogP contribution in [0.15, 0.2) is 70.4 Å². The van der Waals surface area contributed by atoms with Crippen LogP contribution in [0.5, 0.6) is 0 Å². The Bertz CT molecular complexity index is 1670. The summed E-state index contributed by atoms with van der Waals surface area (Å²) < 4.78 is 17.9. The summed E-state index contributed by atoms with van der Waals surface area (Å²) >= 11 is 6.32. The second kappa shape index (κ2) is 7.76. The maximum atomic E-state index is 14.5. The summed E-state index contributed by atoms with van der Waals surface area (Å²) in [5, 5.41) is 12.0. The largest absolute Gasteiger partial charge is 0.305 e. The molecule has 3 aromatic heterocycles. The third-order valence-corrected chi connectivity index (χ3v) is 7.54. The van der Waals surface area contributed by atoms with Crippen molar-refractivity contribution in [2.75, 3.05) is 0 Å². The zero-order chi connectivity index (χ0) is 24.6. The Balaban J connectivity index is 1.25. The van der Waals surface area contributed by atoms with Gasteiger partial charge in [-0.05, 0) is 77.2 Å². The van der Waals surface area contributed by atoms with Gasteiger partial charge in [0, 0.05) is 46.6 Å². The molecular formula is C26H19ClFN7O. The molecule has 1 aliphatic carbocycles. The first kappa shape index (κ1) is 21.3. The fraction of sp³-hybridized carbons (Fsp3) is 0.231. The molecule has 10 heteroatoms. The minimum absolute atomic E-state index is 0.0763. The van der Waals surface area contributed by atoms with Crippen LogP contribution in [0, 0.1) is 18.8 Å². The number of hydrogen-bond donors (Lipinski definition) is 0. The summed E-state index contributed by atoms with van der Waals surface area (Å²) in [5.41, 5.74) is 5.93. The van der Waals surface area contributed by atoms with E-state index in [1.165, 1.54) is 6.33 Å². The molecular weight excluding hydrogens is 481 g/mol. The van der Waals surface area contributed by atoms with Crippen LogP contribution >= 0.6 is 11.6 Å². The van der Waals surface area contributed by atoms with Crippen molar-refractivity contribution in [2.24, 2.45) is 10.9 Å². The Morgan fingerprint density at radius 3 is 2.81 bits per heavy atom. The predicted molar refractivity (Wildman–Crippen MR) is 132 cm³/mol. The van der Waals surface area contributed by atoms with E-state index in [1.807, 2.05) is 16.7 Å². The standard InChI is InChI=1S/C26H19ClFN7O/c1-13-2-4-17(26(28)31-13)21-6-15(11-29-21)25-20-10-19(20)23-7-14(8-24(36)35(23)25)18-9-16(27)3-5-22(18)34-12-30-32-33-34/h2-5,7-9,11-12,19-20,25H,6,10H2,1H3. The molecule has 2 aliphatic heterocycles. The third-order valence-electron chi connectivity index (χ3n) is 7.30. The molecule has 0 spiro atoms. The zero-order valence-corrected chi connectivity index (χ0v) is 19.9. The average Bonchev–Trinajstić information content (AvgIpc) is 3.20. The molecule has 178 valence electrons. The van der Waals surface area contributed by atoms with E-state index in [2.05, 4.69) is 31.6 Å². The lowest BCUT2D eigenvalue weighted by Crippen LogP contribution is -2.26. The second-order valence-electron chi connectivity index (χ2n) is 9.49. The van der Waals surface area contributed by atoms with Crippen LogP contribution in [0.4, 0.5) is 4.39 Å².